The van der Waals surface area contributed by atoms with E-state index in [1.807, 2.05) is 37.3 Å². The minimum atomic E-state index is -0.894. The Morgan fingerprint density at radius 3 is 2.38 bits per heavy atom. The molecule has 2 amide bonds. The van der Waals surface area contributed by atoms with Crippen LogP contribution in [0.15, 0.2) is 48.5 Å². The van der Waals surface area contributed by atoms with Crippen LogP contribution < -0.4 is 10.2 Å². The number of nitrogens with one attached hydrogen (secondary N) is 1. The Labute approximate surface area is 139 Å². The van der Waals surface area contributed by atoms with Crippen molar-refractivity contribution in [3.05, 3.63) is 65.7 Å². The van der Waals surface area contributed by atoms with E-state index in [1.165, 1.54) is 6.92 Å². The van der Waals surface area contributed by atoms with Crippen molar-refractivity contribution < 1.29 is 18.4 Å². The van der Waals surface area contributed by atoms with E-state index < -0.39 is 23.4 Å². The summed E-state index contributed by atoms with van der Waals surface area (Å²) in [4.78, 5) is 24.9. The Balaban J connectivity index is 2.10. The average Bonchev–Trinajstić information content (AvgIpc) is 2.54. The van der Waals surface area contributed by atoms with Gasteiger partial charge in [0.2, 0.25) is 11.8 Å². The second-order valence-electron chi connectivity index (χ2n) is 5.40. The van der Waals surface area contributed by atoms with Crippen LogP contribution >= 0.6 is 0 Å². The first-order valence-corrected chi connectivity index (χ1v) is 7.46. The first-order valence-electron chi connectivity index (χ1n) is 7.46. The predicted molar refractivity (Wildman–Crippen MR) is 87.4 cm³/mol. The molecule has 0 saturated heterocycles. The van der Waals surface area contributed by atoms with Crippen LogP contribution in [0, 0.1) is 11.6 Å². The largest absolute Gasteiger partial charge is 0.348 e. The van der Waals surface area contributed by atoms with E-state index in [2.05, 4.69) is 5.32 Å². The third-order valence-electron chi connectivity index (χ3n) is 3.56. The van der Waals surface area contributed by atoms with E-state index in [0.717, 1.165) is 22.6 Å². The van der Waals surface area contributed by atoms with Crippen LogP contribution in [0.4, 0.5) is 14.5 Å². The zero-order chi connectivity index (χ0) is 17.7. The topological polar surface area (TPSA) is 49.4 Å². The highest BCUT2D eigenvalue weighted by Crippen LogP contribution is 2.20. The summed E-state index contributed by atoms with van der Waals surface area (Å²) in [7, 11) is 0. The van der Waals surface area contributed by atoms with Crippen molar-refractivity contribution in [1.82, 2.24) is 5.32 Å². The molecular weight excluding hydrogens is 314 g/mol. The lowest BCUT2D eigenvalue weighted by Gasteiger charge is -2.22. The average molecular weight is 332 g/mol. The lowest BCUT2D eigenvalue weighted by Crippen LogP contribution is -2.41. The van der Waals surface area contributed by atoms with E-state index in [1.54, 1.807) is 0 Å². The molecule has 1 unspecified atom stereocenters. The molecule has 0 heterocycles. The molecule has 0 aliphatic heterocycles. The molecule has 0 aliphatic rings. The number of amides is 2. The van der Waals surface area contributed by atoms with Crippen molar-refractivity contribution in [3.8, 4) is 0 Å². The third-order valence-corrected chi connectivity index (χ3v) is 3.56. The van der Waals surface area contributed by atoms with Crippen LogP contribution in [0.5, 0.6) is 0 Å². The van der Waals surface area contributed by atoms with Crippen LogP contribution in [-0.4, -0.2) is 18.4 Å². The van der Waals surface area contributed by atoms with Gasteiger partial charge in [-0.15, -0.1) is 0 Å². The molecule has 0 saturated carbocycles. The van der Waals surface area contributed by atoms with Crippen LogP contribution in [0.1, 0.15) is 25.5 Å². The molecule has 1 N–H and O–H groups in total. The standard InChI is InChI=1S/C18H18F2N2O2/c1-12(14-6-4-3-5-7-14)21-18(24)11-22(13(2)23)17-9-8-15(19)10-16(17)20/h3-10,12H,11H2,1-2H3,(H,21,24). The molecular formula is C18H18F2N2O2. The first kappa shape index (κ1) is 17.6. The SMILES string of the molecule is CC(=O)N(CC(=O)NC(C)c1ccccc1)c1ccc(F)cc1F. The van der Waals surface area contributed by atoms with Crippen molar-refractivity contribution in [1.29, 1.82) is 0 Å². The van der Waals surface area contributed by atoms with Crippen molar-refractivity contribution in [3.63, 3.8) is 0 Å². The number of halogens is 2. The van der Waals surface area contributed by atoms with Gasteiger partial charge in [0.05, 0.1) is 11.7 Å². The third kappa shape index (κ3) is 4.38. The van der Waals surface area contributed by atoms with Gasteiger partial charge in [0.1, 0.15) is 18.2 Å². The second kappa shape index (κ2) is 7.68. The second-order valence-corrected chi connectivity index (χ2v) is 5.40. The summed E-state index contributed by atoms with van der Waals surface area (Å²) in [6.45, 7) is 2.68. The van der Waals surface area contributed by atoms with E-state index in [-0.39, 0.29) is 18.3 Å². The summed E-state index contributed by atoms with van der Waals surface area (Å²) in [5.41, 5.74) is 0.777. The zero-order valence-corrected chi connectivity index (χ0v) is 13.4. The fourth-order valence-corrected chi connectivity index (χ4v) is 2.32. The van der Waals surface area contributed by atoms with E-state index in [9.17, 15) is 18.4 Å². The van der Waals surface area contributed by atoms with Crippen LogP contribution in [0.2, 0.25) is 0 Å². The van der Waals surface area contributed by atoms with Gasteiger partial charge >= 0.3 is 0 Å². The van der Waals surface area contributed by atoms with Crippen molar-refractivity contribution >= 4 is 17.5 Å². The molecule has 2 aromatic carbocycles. The van der Waals surface area contributed by atoms with Gasteiger partial charge in [0, 0.05) is 13.0 Å². The fourth-order valence-electron chi connectivity index (χ4n) is 2.32. The van der Waals surface area contributed by atoms with Crippen LogP contribution in [-0.2, 0) is 9.59 Å². The van der Waals surface area contributed by atoms with Gasteiger partial charge in [-0.1, -0.05) is 30.3 Å². The molecule has 0 fully saturated rings. The number of carbonyl (C=O) groups is 2. The van der Waals surface area contributed by atoms with Crippen LogP contribution in [0.3, 0.4) is 0 Å². The maximum Gasteiger partial charge on any atom is 0.240 e. The Kier molecular flexibility index (Phi) is 5.63. The number of anilines is 1. The van der Waals surface area contributed by atoms with Gasteiger partial charge in [0.15, 0.2) is 0 Å². The number of nitrogens with zero attached hydrogens (tertiary/aromatic N) is 1. The zero-order valence-electron chi connectivity index (χ0n) is 13.4. The lowest BCUT2D eigenvalue weighted by molar-refractivity contribution is -0.123. The Morgan fingerprint density at radius 2 is 1.79 bits per heavy atom. The molecule has 0 bridgehead atoms. The number of hydrogen-bond acceptors (Lipinski definition) is 2. The van der Waals surface area contributed by atoms with E-state index in [4.69, 9.17) is 0 Å². The highest BCUT2D eigenvalue weighted by Gasteiger charge is 2.20. The molecule has 4 nitrogen and oxygen atoms in total. The number of rotatable bonds is 5. The molecule has 2 aromatic rings. The van der Waals surface area contributed by atoms with Crippen LogP contribution in [0.25, 0.3) is 0 Å². The van der Waals surface area contributed by atoms with Crippen molar-refractivity contribution in [2.45, 2.75) is 19.9 Å². The summed E-state index contributed by atoms with van der Waals surface area (Å²) in [5, 5.41) is 2.75. The molecule has 126 valence electrons. The molecule has 6 heteroatoms. The smallest absolute Gasteiger partial charge is 0.240 e. The maximum atomic E-state index is 13.9. The Hall–Kier alpha value is -2.76. The van der Waals surface area contributed by atoms with E-state index in [0.29, 0.717) is 6.07 Å². The predicted octanol–water partition coefficient (Wildman–Crippen LogP) is 3.20. The highest BCUT2D eigenvalue weighted by atomic mass is 19.1. The minimum Gasteiger partial charge on any atom is -0.348 e. The van der Waals surface area contributed by atoms with Gasteiger partial charge in [0.25, 0.3) is 0 Å². The quantitative estimate of drug-likeness (QED) is 0.914. The monoisotopic (exact) mass is 332 g/mol. The summed E-state index contributed by atoms with van der Waals surface area (Å²) in [5.74, 6) is -2.59. The van der Waals surface area contributed by atoms with Gasteiger partial charge in [-0.2, -0.15) is 0 Å². The van der Waals surface area contributed by atoms with Gasteiger partial charge in [-0.05, 0) is 24.6 Å². The van der Waals surface area contributed by atoms with E-state index >= 15 is 0 Å². The lowest BCUT2D eigenvalue weighted by atomic mass is 10.1. The fraction of sp³-hybridized carbons (Fsp3) is 0.222. The Bertz CT molecular complexity index is 735. The number of carbonyl (C=O) groups excluding carboxylic acids is 2. The number of benzene rings is 2. The summed E-state index contributed by atoms with van der Waals surface area (Å²) < 4.78 is 26.9. The van der Waals surface area contributed by atoms with Gasteiger partial charge < -0.3 is 10.2 Å². The summed E-state index contributed by atoms with van der Waals surface area (Å²) in [6.07, 6.45) is 0. The highest BCUT2D eigenvalue weighted by molar-refractivity contribution is 5.97. The van der Waals surface area contributed by atoms with Gasteiger partial charge in [-0.25, -0.2) is 8.78 Å². The summed E-state index contributed by atoms with van der Waals surface area (Å²) >= 11 is 0. The molecule has 0 radical (unpaired) electrons. The normalized spacial score (nSPS) is 11.7. The first-order chi connectivity index (χ1) is 11.4. The van der Waals surface area contributed by atoms with Crippen molar-refractivity contribution in [2.75, 3.05) is 11.4 Å². The minimum absolute atomic E-state index is 0.133. The van der Waals surface area contributed by atoms with Gasteiger partial charge in [-0.3, -0.25) is 9.59 Å². The van der Waals surface area contributed by atoms with Crippen molar-refractivity contribution in [2.24, 2.45) is 0 Å². The molecule has 0 aliphatic carbocycles. The molecule has 1 atom stereocenters. The molecule has 0 aromatic heterocycles. The summed E-state index contributed by atoms with van der Waals surface area (Å²) in [6, 6.07) is 11.9. The number of hydrogen-bond donors (Lipinski definition) is 1. The Morgan fingerprint density at radius 1 is 1.12 bits per heavy atom. The molecule has 2 rings (SSSR count). The maximum absolute atomic E-state index is 13.9. The molecule has 0 spiro atoms. The molecule has 24 heavy (non-hydrogen) atoms.